The van der Waals surface area contributed by atoms with Gasteiger partial charge in [0.05, 0.1) is 32.8 Å². The molecule has 262 valence electrons. The summed E-state index contributed by atoms with van der Waals surface area (Å²) < 4.78 is 44.1. The normalized spacial score (nSPS) is 12.7. The lowest BCUT2D eigenvalue weighted by Gasteiger charge is -2.34. The molecule has 0 saturated heterocycles. The molecule has 0 heterocycles. The van der Waals surface area contributed by atoms with E-state index in [-0.39, 0.29) is 13.0 Å². The smallest absolute Gasteiger partial charge is 0.299 e. The van der Waals surface area contributed by atoms with Gasteiger partial charge >= 0.3 is 0 Å². The van der Waals surface area contributed by atoms with Crippen LogP contribution in [0.1, 0.15) is 202 Å². The number of nitrogens with zero attached hydrogens (tertiary/aromatic N) is 1. The fourth-order valence-corrected chi connectivity index (χ4v) is 6.78. The summed E-state index contributed by atoms with van der Waals surface area (Å²) in [5, 5.41) is 0. The Labute approximate surface area is 271 Å². The summed E-state index contributed by atoms with van der Waals surface area (Å²) in [5.41, 5.74) is -1.87. The first kappa shape index (κ1) is 44.9. The van der Waals surface area contributed by atoms with Gasteiger partial charge in [0.25, 0.3) is 10.1 Å². The predicted octanol–water partition coefficient (Wildman–Crippen LogP) is 12.3. The number of alkyl halides is 1. The van der Waals surface area contributed by atoms with Gasteiger partial charge in [-0.05, 0) is 47.0 Å². The van der Waals surface area contributed by atoms with Gasteiger partial charge in [0.1, 0.15) is 0 Å². The van der Waals surface area contributed by atoms with Crippen LogP contribution < -0.4 is 0 Å². The van der Waals surface area contributed by atoms with Crippen LogP contribution in [0.25, 0.3) is 0 Å². The van der Waals surface area contributed by atoms with E-state index in [4.69, 9.17) is 4.18 Å². The van der Waals surface area contributed by atoms with Crippen LogP contribution in [0.2, 0.25) is 0 Å². The highest BCUT2D eigenvalue weighted by molar-refractivity contribution is 7.87. The van der Waals surface area contributed by atoms with Gasteiger partial charge in [-0.1, -0.05) is 155 Å². The van der Waals surface area contributed by atoms with Gasteiger partial charge in [0.15, 0.2) is 0 Å². The Morgan fingerprint density at radius 1 is 0.465 bits per heavy atom. The molecular weight excluding hydrogens is 557 g/mol. The molecule has 4 nitrogen and oxygen atoms in total. The average molecular weight is 637 g/mol. The maximum absolute atomic E-state index is 14.1. The molecule has 0 spiro atoms. The van der Waals surface area contributed by atoms with Crippen molar-refractivity contribution in [1.29, 1.82) is 0 Å². The van der Waals surface area contributed by atoms with Crippen molar-refractivity contribution in [2.24, 2.45) is 0 Å². The van der Waals surface area contributed by atoms with Crippen LogP contribution in [0, 0.1) is 0 Å². The summed E-state index contributed by atoms with van der Waals surface area (Å²) in [6.45, 7) is 18.8. The third-order valence-electron chi connectivity index (χ3n) is 9.53. The highest BCUT2D eigenvalue weighted by Gasteiger charge is 2.25. The van der Waals surface area contributed by atoms with E-state index in [0.717, 1.165) is 25.7 Å². The number of hydrogen-bond acceptors (Lipinski definition) is 3. The van der Waals surface area contributed by atoms with E-state index >= 15 is 0 Å². The Morgan fingerprint density at radius 3 is 1.02 bits per heavy atom. The molecule has 0 fully saturated rings. The highest BCUT2D eigenvalue weighted by Crippen LogP contribution is 2.18. The molecule has 0 aliphatic carbocycles. The molecule has 1 atom stereocenters. The van der Waals surface area contributed by atoms with Gasteiger partial charge < -0.3 is 4.48 Å². The molecule has 6 heteroatoms. The first-order valence-electron chi connectivity index (χ1n) is 19.2. The number of halogens is 1. The molecule has 0 aromatic heterocycles. The summed E-state index contributed by atoms with van der Waals surface area (Å²) in [6, 6.07) is 0. The van der Waals surface area contributed by atoms with Crippen molar-refractivity contribution < 1.29 is 21.5 Å². The predicted molar refractivity (Wildman–Crippen MR) is 189 cm³/mol. The van der Waals surface area contributed by atoms with E-state index in [9.17, 15) is 12.8 Å². The lowest BCUT2D eigenvalue weighted by molar-refractivity contribution is -0.921. The molecule has 0 aliphatic rings. The Morgan fingerprint density at radius 2 is 0.744 bits per heavy atom. The van der Waals surface area contributed by atoms with Crippen LogP contribution in [0.3, 0.4) is 0 Å². The van der Waals surface area contributed by atoms with Gasteiger partial charge in [-0.2, -0.15) is 8.42 Å². The monoisotopic (exact) mass is 637 g/mol. The molecule has 0 N–H and O–H groups in total. The number of rotatable bonds is 32. The molecule has 0 aliphatic heterocycles. The van der Waals surface area contributed by atoms with E-state index in [2.05, 4.69) is 41.5 Å². The quantitative estimate of drug-likeness (QED) is 0.0419. The summed E-state index contributed by atoms with van der Waals surface area (Å²) in [7, 11) is -4.05. The van der Waals surface area contributed by atoms with E-state index in [1.54, 1.807) is 0 Å². The van der Waals surface area contributed by atoms with Crippen LogP contribution in [0.5, 0.6) is 0 Å². The summed E-state index contributed by atoms with van der Waals surface area (Å²) >= 11 is 0. The van der Waals surface area contributed by atoms with Gasteiger partial charge in [-0.15, -0.1) is 0 Å². The zero-order chi connectivity index (χ0) is 32.5. The van der Waals surface area contributed by atoms with Crippen LogP contribution in [0.15, 0.2) is 0 Å². The van der Waals surface area contributed by atoms with Gasteiger partial charge in [0.2, 0.25) is 5.50 Å². The van der Waals surface area contributed by atoms with Crippen molar-refractivity contribution in [1.82, 2.24) is 0 Å². The molecule has 0 saturated carbocycles. The van der Waals surface area contributed by atoms with E-state index in [1.165, 1.54) is 146 Å². The van der Waals surface area contributed by atoms with Gasteiger partial charge in [-0.3, -0.25) is 4.18 Å². The third kappa shape index (κ3) is 29.0. The first-order valence-corrected chi connectivity index (χ1v) is 20.6. The number of unbranched alkanes of at least 4 members (excludes halogenated alkanes) is 22. The minimum Gasteiger partial charge on any atom is -0.325 e. The lowest BCUT2D eigenvalue weighted by Crippen LogP contribution is -2.47. The fraction of sp³-hybridized carbons (Fsp3) is 1.00. The second-order valence-electron chi connectivity index (χ2n) is 12.9. The minimum absolute atomic E-state index is 0.0657. The largest absolute Gasteiger partial charge is 0.325 e. The Bertz CT molecular complexity index is 622. The van der Waals surface area contributed by atoms with Crippen molar-refractivity contribution in [3.63, 3.8) is 0 Å². The van der Waals surface area contributed by atoms with Crippen LogP contribution >= 0.6 is 0 Å². The lowest BCUT2D eigenvalue weighted by atomic mass is 10.0. The summed E-state index contributed by atoms with van der Waals surface area (Å²) in [4.78, 5) is 0. The molecular formula is C37H79FNO3S+. The second-order valence-corrected chi connectivity index (χ2v) is 14.6. The molecule has 0 amide bonds. The maximum Gasteiger partial charge on any atom is 0.299 e. The molecule has 0 aromatic rings. The highest BCUT2D eigenvalue weighted by atomic mass is 32.2. The standard InChI is InChI=1S/C29H59FO3S.C8H20N/c1-3-5-7-9-11-13-14-15-16-17-18-19-20-22-24-26-28-33-34(31,32)29(30)27-25-23-21-12-10-8-6-4-2;1-5-9(6-2,7-3)8-4/h29H,3-28H2,1-2H3;5-8H2,1-4H3/q;+1. The second kappa shape index (κ2) is 33.2. The van der Waals surface area contributed by atoms with Crippen molar-refractivity contribution in [3.05, 3.63) is 0 Å². The van der Waals surface area contributed by atoms with Crippen molar-refractivity contribution in [2.75, 3.05) is 32.8 Å². The molecule has 1 unspecified atom stereocenters. The Kier molecular flexibility index (Phi) is 34.7. The van der Waals surface area contributed by atoms with Gasteiger partial charge in [-0.25, -0.2) is 4.39 Å². The van der Waals surface area contributed by atoms with Gasteiger partial charge in [0, 0.05) is 0 Å². The number of quaternary nitrogens is 1. The third-order valence-corrected chi connectivity index (χ3v) is 10.9. The zero-order valence-electron chi connectivity index (χ0n) is 30.2. The van der Waals surface area contributed by atoms with Crippen molar-refractivity contribution in [2.45, 2.75) is 208 Å². The maximum atomic E-state index is 14.1. The van der Waals surface area contributed by atoms with Crippen LogP contribution in [0.4, 0.5) is 4.39 Å². The molecule has 0 radical (unpaired) electrons. The topological polar surface area (TPSA) is 43.4 Å². The molecule has 43 heavy (non-hydrogen) atoms. The fourth-order valence-electron chi connectivity index (χ4n) is 5.82. The zero-order valence-corrected chi connectivity index (χ0v) is 31.1. The Balaban J connectivity index is 0. The van der Waals surface area contributed by atoms with E-state index in [0.29, 0.717) is 12.8 Å². The minimum atomic E-state index is -4.05. The number of hydrogen-bond donors (Lipinski definition) is 0. The van der Waals surface area contributed by atoms with Crippen LogP contribution in [-0.2, 0) is 14.3 Å². The molecule has 0 rings (SSSR count). The Hall–Kier alpha value is -0.200. The average Bonchev–Trinajstić information content (AvgIpc) is 3.01. The molecule has 0 bridgehead atoms. The van der Waals surface area contributed by atoms with Crippen LogP contribution in [-0.4, -0.2) is 51.2 Å². The first-order chi connectivity index (χ1) is 20.8. The van der Waals surface area contributed by atoms with Crippen molar-refractivity contribution >= 4 is 10.1 Å². The van der Waals surface area contributed by atoms with E-state index < -0.39 is 15.6 Å². The van der Waals surface area contributed by atoms with E-state index in [1.807, 2.05) is 0 Å². The molecule has 0 aromatic carbocycles. The summed E-state index contributed by atoms with van der Waals surface area (Å²) in [5.74, 6) is 0. The summed E-state index contributed by atoms with van der Waals surface area (Å²) in [6.07, 6.45) is 29.2. The van der Waals surface area contributed by atoms with Crippen molar-refractivity contribution in [3.8, 4) is 0 Å². The SMILES string of the molecule is CCCCCCCCCCCCCCCCCCOS(=O)(=O)C(F)CCCCCCCCCC.CC[N+](CC)(CC)CC.